The summed E-state index contributed by atoms with van der Waals surface area (Å²) in [5, 5.41) is 6.89. The van der Waals surface area contributed by atoms with E-state index in [-0.39, 0.29) is 24.6 Å². The lowest BCUT2D eigenvalue weighted by Crippen LogP contribution is -2.20. The highest BCUT2D eigenvalue weighted by molar-refractivity contribution is 6.33. The molecule has 0 aliphatic heterocycles. The Hall–Kier alpha value is -2.73. The van der Waals surface area contributed by atoms with Gasteiger partial charge in [0.15, 0.2) is 0 Å². The van der Waals surface area contributed by atoms with Crippen LogP contribution in [0.25, 0.3) is 0 Å². The molecule has 0 fully saturated rings. The van der Waals surface area contributed by atoms with Gasteiger partial charge in [-0.05, 0) is 30.3 Å². The highest BCUT2D eigenvalue weighted by Crippen LogP contribution is 2.12. The van der Waals surface area contributed by atoms with Gasteiger partial charge in [-0.1, -0.05) is 29.8 Å². The van der Waals surface area contributed by atoms with Crippen LogP contribution >= 0.6 is 11.6 Å². The number of rotatable bonds is 6. The molecule has 0 saturated carbocycles. The summed E-state index contributed by atoms with van der Waals surface area (Å²) in [6.07, 6.45) is 1.40. The van der Waals surface area contributed by atoms with Gasteiger partial charge < -0.3 is 5.32 Å². The van der Waals surface area contributed by atoms with E-state index in [1.807, 2.05) is 0 Å². The van der Waals surface area contributed by atoms with Gasteiger partial charge in [0.05, 0.1) is 6.21 Å². The smallest absolute Gasteiger partial charge is 0.240 e. The lowest BCUT2D eigenvalue weighted by atomic mass is 10.2. The number of nitrogens with zero attached hydrogens (tertiary/aromatic N) is 1. The monoisotopic (exact) mass is 347 g/mol. The number of nitrogens with one attached hydrogen (secondary N) is 2. The van der Waals surface area contributed by atoms with Crippen molar-refractivity contribution in [1.82, 2.24) is 5.43 Å². The third-order valence-corrected chi connectivity index (χ3v) is 3.35. The third-order valence-electron chi connectivity index (χ3n) is 3.01. The first-order valence-electron chi connectivity index (χ1n) is 7.16. The van der Waals surface area contributed by atoms with Gasteiger partial charge in [-0.2, -0.15) is 5.10 Å². The molecule has 5 nitrogen and oxygen atoms in total. The van der Waals surface area contributed by atoms with Crippen molar-refractivity contribution >= 4 is 35.3 Å². The Balaban J connectivity index is 1.73. The summed E-state index contributed by atoms with van der Waals surface area (Å²) < 4.78 is 12.8. The van der Waals surface area contributed by atoms with E-state index in [1.165, 1.54) is 30.5 Å². The number of carbonyl (C=O) groups excluding carboxylic acids is 2. The summed E-state index contributed by atoms with van der Waals surface area (Å²) in [4.78, 5) is 23.3. The first-order chi connectivity index (χ1) is 11.5. The van der Waals surface area contributed by atoms with Crippen LogP contribution in [0, 0.1) is 5.82 Å². The second-order valence-electron chi connectivity index (χ2n) is 4.87. The Labute approximate surface area is 143 Å². The van der Waals surface area contributed by atoms with Crippen LogP contribution in [0.5, 0.6) is 0 Å². The summed E-state index contributed by atoms with van der Waals surface area (Å²) in [6, 6.07) is 12.4. The van der Waals surface area contributed by atoms with E-state index in [0.717, 1.165) is 0 Å². The number of hydrogen-bond donors (Lipinski definition) is 2. The van der Waals surface area contributed by atoms with Crippen molar-refractivity contribution in [2.24, 2.45) is 5.10 Å². The van der Waals surface area contributed by atoms with Crippen LogP contribution < -0.4 is 10.7 Å². The van der Waals surface area contributed by atoms with Crippen molar-refractivity contribution in [1.29, 1.82) is 0 Å². The van der Waals surface area contributed by atoms with E-state index in [9.17, 15) is 14.0 Å². The molecule has 124 valence electrons. The minimum Gasteiger partial charge on any atom is -0.326 e. The number of amides is 2. The van der Waals surface area contributed by atoms with Crippen molar-refractivity contribution in [2.45, 2.75) is 12.8 Å². The van der Waals surface area contributed by atoms with Crippen molar-refractivity contribution in [3.8, 4) is 0 Å². The molecule has 0 heterocycles. The molecule has 2 amide bonds. The van der Waals surface area contributed by atoms with Crippen LogP contribution in [0.3, 0.4) is 0 Å². The van der Waals surface area contributed by atoms with Crippen LogP contribution in [0.2, 0.25) is 5.02 Å². The molecule has 7 heteroatoms. The van der Waals surface area contributed by atoms with Crippen LogP contribution in [0.15, 0.2) is 53.6 Å². The summed E-state index contributed by atoms with van der Waals surface area (Å²) >= 11 is 5.95. The normalized spacial score (nSPS) is 10.6. The predicted molar refractivity (Wildman–Crippen MR) is 91.5 cm³/mol. The number of hydrazone groups is 1. The fourth-order valence-corrected chi connectivity index (χ4v) is 1.98. The molecule has 2 rings (SSSR count). The van der Waals surface area contributed by atoms with E-state index in [4.69, 9.17) is 11.6 Å². The van der Waals surface area contributed by atoms with Crippen molar-refractivity contribution in [3.63, 3.8) is 0 Å². The van der Waals surface area contributed by atoms with Gasteiger partial charge in [-0.25, -0.2) is 9.82 Å². The zero-order valence-corrected chi connectivity index (χ0v) is 13.4. The standard InChI is InChI=1S/C17H15ClFN3O2/c18-15-4-2-1-3-12(15)11-20-22-17(24)10-9-16(23)21-14-7-5-13(19)6-8-14/h1-8,11H,9-10H2,(H,21,23)(H,22,24)/b20-11+. The van der Waals surface area contributed by atoms with Gasteiger partial charge in [0.1, 0.15) is 5.82 Å². The van der Waals surface area contributed by atoms with Gasteiger partial charge >= 0.3 is 0 Å². The van der Waals surface area contributed by atoms with Crippen molar-refractivity contribution in [2.75, 3.05) is 5.32 Å². The summed E-state index contributed by atoms with van der Waals surface area (Å²) in [5.74, 6) is -1.12. The van der Waals surface area contributed by atoms with Crippen LogP contribution in [-0.2, 0) is 9.59 Å². The molecule has 2 aromatic carbocycles. The zero-order chi connectivity index (χ0) is 17.4. The SMILES string of the molecule is O=C(CCC(=O)Nc1ccc(F)cc1)N/N=C/c1ccccc1Cl. The molecule has 0 aromatic heterocycles. The molecule has 0 aliphatic carbocycles. The molecule has 24 heavy (non-hydrogen) atoms. The molecule has 0 bridgehead atoms. The number of benzene rings is 2. The fraction of sp³-hybridized carbons (Fsp3) is 0.118. The minimum atomic E-state index is -0.396. The largest absolute Gasteiger partial charge is 0.326 e. The molecule has 0 atom stereocenters. The van der Waals surface area contributed by atoms with E-state index in [0.29, 0.717) is 16.3 Å². The van der Waals surface area contributed by atoms with Crippen molar-refractivity contribution in [3.05, 3.63) is 64.9 Å². The molecule has 0 aliphatic rings. The minimum absolute atomic E-state index is 0.00910. The Kier molecular flexibility index (Phi) is 6.45. The van der Waals surface area contributed by atoms with Crippen LogP contribution in [0.1, 0.15) is 18.4 Å². The van der Waals surface area contributed by atoms with E-state index < -0.39 is 5.91 Å². The molecule has 0 saturated heterocycles. The lowest BCUT2D eigenvalue weighted by Gasteiger charge is -2.04. The second-order valence-corrected chi connectivity index (χ2v) is 5.28. The predicted octanol–water partition coefficient (Wildman–Crippen LogP) is 3.35. The van der Waals surface area contributed by atoms with Gasteiger partial charge in [0.2, 0.25) is 11.8 Å². The quantitative estimate of drug-likeness (QED) is 0.621. The zero-order valence-electron chi connectivity index (χ0n) is 12.6. The molecule has 0 radical (unpaired) electrons. The highest BCUT2D eigenvalue weighted by Gasteiger charge is 2.07. The number of hydrogen-bond acceptors (Lipinski definition) is 3. The second kappa shape index (κ2) is 8.79. The lowest BCUT2D eigenvalue weighted by molar-refractivity contribution is -0.124. The number of carbonyl (C=O) groups is 2. The molecule has 2 N–H and O–H groups in total. The Bertz CT molecular complexity index is 748. The maximum absolute atomic E-state index is 12.8. The fourth-order valence-electron chi connectivity index (χ4n) is 1.79. The highest BCUT2D eigenvalue weighted by atomic mass is 35.5. The number of anilines is 1. The number of halogens is 2. The summed E-state index contributed by atoms with van der Waals surface area (Å²) in [6.45, 7) is 0. The maximum atomic E-state index is 12.8. The Morgan fingerprint density at radius 2 is 1.71 bits per heavy atom. The average Bonchev–Trinajstić information content (AvgIpc) is 2.57. The molecular weight excluding hydrogens is 333 g/mol. The molecule has 2 aromatic rings. The van der Waals surface area contributed by atoms with E-state index in [1.54, 1.807) is 24.3 Å². The third kappa shape index (κ3) is 5.81. The van der Waals surface area contributed by atoms with Crippen LogP contribution in [-0.4, -0.2) is 18.0 Å². The Morgan fingerprint density at radius 1 is 1.04 bits per heavy atom. The first-order valence-corrected chi connectivity index (χ1v) is 7.54. The molecular formula is C17H15ClFN3O2. The van der Waals surface area contributed by atoms with E-state index >= 15 is 0 Å². The van der Waals surface area contributed by atoms with Crippen molar-refractivity contribution < 1.29 is 14.0 Å². The average molecular weight is 348 g/mol. The van der Waals surface area contributed by atoms with Gasteiger partial charge in [-0.15, -0.1) is 0 Å². The maximum Gasteiger partial charge on any atom is 0.240 e. The topological polar surface area (TPSA) is 70.6 Å². The van der Waals surface area contributed by atoms with Crippen LogP contribution in [0.4, 0.5) is 10.1 Å². The Morgan fingerprint density at radius 3 is 2.42 bits per heavy atom. The summed E-state index contributed by atoms with van der Waals surface area (Å²) in [5.41, 5.74) is 3.47. The van der Waals surface area contributed by atoms with Gasteiger partial charge in [0.25, 0.3) is 0 Å². The molecule has 0 unspecified atom stereocenters. The van der Waals surface area contributed by atoms with Gasteiger partial charge in [-0.3, -0.25) is 9.59 Å². The van der Waals surface area contributed by atoms with E-state index in [2.05, 4.69) is 15.8 Å². The molecule has 0 spiro atoms. The summed E-state index contributed by atoms with van der Waals surface area (Å²) in [7, 11) is 0. The van der Waals surface area contributed by atoms with Gasteiger partial charge in [0, 0.05) is 29.1 Å². The first kappa shape index (κ1) is 17.6.